The number of carbonyl (C=O) groups is 1. The van der Waals surface area contributed by atoms with Crippen molar-refractivity contribution in [2.75, 3.05) is 32.0 Å². The van der Waals surface area contributed by atoms with E-state index in [4.69, 9.17) is 9.47 Å². The van der Waals surface area contributed by atoms with Crippen LogP contribution in [0.1, 0.15) is 5.56 Å². The van der Waals surface area contributed by atoms with E-state index in [-0.39, 0.29) is 12.7 Å². The molecule has 0 radical (unpaired) electrons. The number of ether oxygens (including phenoxy) is 2. The number of anilines is 1. The van der Waals surface area contributed by atoms with E-state index in [1.165, 1.54) is 0 Å². The maximum atomic E-state index is 12.2. The first-order valence-electron chi connectivity index (χ1n) is 7.65. The van der Waals surface area contributed by atoms with Crippen molar-refractivity contribution in [3.05, 3.63) is 48.0 Å². The number of thioether (sulfide) groups is 1. The van der Waals surface area contributed by atoms with Gasteiger partial charge in [0, 0.05) is 17.1 Å². The lowest BCUT2D eigenvalue weighted by Gasteiger charge is -2.16. The third kappa shape index (κ3) is 4.21. The predicted octanol–water partition coefficient (Wildman–Crippen LogP) is 3.21. The molecular formula is C18H20N2O3S. The number of hydrogen-bond acceptors (Lipinski definition) is 5. The van der Waals surface area contributed by atoms with Gasteiger partial charge in [-0.3, -0.25) is 9.69 Å². The second-order valence-electron chi connectivity index (χ2n) is 5.64. The molecule has 0 fully saturated rings. The lowest BCUT2D eigenvalue weighted by Crippen LogP contribution is -2.29. The summed E-state index contributed by atoms with van der Waals surface area (Å²) >= 11 is 1.65. The Bertz CT molecular complexity index is 736. The van der Waals surface area contributed by atoms with Gasteiger partial charge in [-0.2, -0.15) is 0 Å². The number of nitrogens with zero attached hydrogens (tertiary/aromatic N) is 1. The summed E-state index contributed by atoms with van der Waals surface area (Å²) in [6, 6.07) is 13.7. The predicted molar refractivity (Wildman–Crippen MR) is 95.8 cm³/mol. The maximum absolute atomic E-state index is 12.2. The summed E-state index contributed by atoms with van der Waals surface area (Å²) in [5.74, 6) is 1.50. The molecule has 0 aliphatic carbocycles. The number of nitrogens with one attached hydrogen (secondary N) is 1. The van der Waals surface area contributed by atoms with Gasteiger partial charge in [-0.1, -0.05) is 12.1 Å². The monoisotopic (exact) mass is 344 g/mol. The van der Waals surface area contributed by atoms with Gasteiger partial charge in [-0.05, 0) is 49.2 Å². The Morgan fingerprint density at radius 3 is 2.88 bits per heavy atom. The largest absolute Gasteiger partial charge is 0.454 e. The minimum absolute atomic E-state index is 0.0310. The van der Waals surface area contributed by atoms with Crippen molar-refractivity contribution in [2.45, 2.75) is 11.4 Å². The summed E-state index contributed by atoms with van der Waals surface area (Å²) in [7, 11) is 1.92. The van der Waals surface area contributed by atoms with Crippen molar-refractivity contribution >= 4 is 23.4 Å². The standard InChI is InChI=1S/C18H20N2O3S/c1-20(10-13-6-7-16-17(8-13)23-12-22-16)11-18(21)19-14-4-3-5-15(9-14)24-2/h3-9H,10-12H2,1-2H3,(H,19,21). The third-order valence-electron chi connectivity index (χ3n) is 3.66. The van der Waals surface area contributed by atoms with E-state index >= 15 is 0 Å². The minimum atomic E-state index is -0.0310. The quantitative estimate of drug-likeness (QED) is 0.816. The fraction of sp³-hybridized carbons (Fsp3) is 0.278. The Morgan fingerprint density at radius 1 is 1.21 bits per heavy atom. The molecule has 2 aromatic rings. The van der Waals surface area contributed by atoms with Gasteiger partial charge in [0.1, 0.15) is 0 Å². The molecule has 3 rings (SSSR count). The molecule has 0 bridgehead atoms. The summed E-state index contributed by atoms with van der Waals surface area (Å²) in [6.07, 6.45) is 2.01. The molecular weight excluding hydrogens is 324 g/mol. The summed E-state index contributed by atoms with van der Waals surface area (Å²) in [6.45, 7) is 1.25. The number of benzene rings is 2. The molecule has 0 spiro atoms. The van der Waals surface area contributed by atoms with Crippen LogP contribution in [-0.4, -0.2) is 37.4 Å². The van der Waals surface area contributed by atoms with Gasteiger partial charge in [0.25, 0.3) is 0 Å². The van der Waals surface area contributed by atoms with Crippen LogP contribution in [-0.2, 0) is 11.3 Å². The van der Waals surface area contributed by atoms with Crippen LogP contribution in [0.2, 0.25) is 0 Å². The molecule has 1 heterocycles. The van der Waals surface area contributed by atoms with Crippen LogP contribution in [0.5, 0.6) is 11.5 Å². The van der Waals surface area contributed by atoms with Gasteiger partial charge in [0.2, 0.25) is 12.7 Å². The Morgan fingerprint density at radius 2 is 2.04 bits per heavy atom. The van der Waals surface area contributed by atoms with E-state index in [2.05, 4.69) is 5.32 Å². The molecule has 24 heavy (non-hydrogen) atoms. The minimum Gasteiger partial charge on any atom is -0.454 e. The van der Waals surface area contributed by atoms with Crippen molar-refractivity contribution in [1.82, 2.24) is 4.90 Å². The average molecular weight is 344 g/mol. The molecule has 1 amide bonds. The fourth-order valence-electron chi connectivity index (χ4n) is 2.55. The average Bonchev–Trinajstić information content (AvgIpc) is 3.02. The van der Waals surface area contributed by atoms with Gasteiger partial charge in [-0.15, -0.1) is 11.8 Å². The highest BCUT2D eigenvalue weighted by Crippen LogP contribution is 2.32. The zero-order valence-corrected chi connectivity index (χ0v) is 14.6. The number of hydrogen-bond donors (Lipinski definition) is 1. The van der Waals surface area contributed by atoms with Gasteiger partial charge in [-0.25, -0.2) is 0 Å². The fourth-order valence-corrected chi connectivity index (χ4v) is 3.01. The van der Waals surface area contributed by atoms with Crippen LogP contribution >= 0.6 is 11.8 Å². The molecule has 0 saturated heterocycles. The van der Waals surface area contributed by atoms with Crippen LogP contribution < -0.4 is 14.8 Å². The first-order chi connectivity index (χ1) is 11.6. The third-order valence-corrected chi connectivity index (χ3v) is 4.38. The molecule has 1 aliphatic heterocycles. The van der Waals surface area contributed by atoms with Crippen LogP contribution in [0, 0.1) is 0 Å². The van der Waals surface area contributed by atoms with Gasteiger partial charge < -0.3 is 14.8 Å². The van der Waals surface area contributed by atoms with E-state index < -0.39 is 0 Å². The van der Waals surface area contributed by atoms with E-state index in [9.17, 15) is 4.79 Å². The Labute approximate surface area is 145 Å². The molecule has 0 unspecified atom stereocenters. The van der Waals surface area contributed by atoms with Crippen LogP contribution in [0.4, 0.5) is 5.69 Å². The summed E-state index contributed by atoms with van der Waals surface area (Å²) in [5.41, 5.74) is 1.90. The van der Waals surface area contributed by atoms with E-state index in [1.807, 2.05) is 60.7 Å². The second-order valence-corrected chi connectivity index (χ2v) is 6.52. The summed E-state index contributed by atoms with van der Waals surface area (Å²) in [5, 5.41) is 2.94. The molecule has 1 N–H and O–H groups in total. The summed E-state index contributed by atoms with van der Waals surface area (Å²) < 4.78 is 10.7. The number of fused-ring (bicyclic) bond motifs is 1. The topological polar surface area (TPSA) is 50.8 Å². The smallest absolute Gasteiger partial charge is 0.238 e. The molecule has 0 atom stereocenters. The Kier molecular flexibility index (Phi) is 5.27. The molecule has 0 saturated carbocycles. The van der Waals surface area contributed by atoms with Crippen molar-refractivity contribution in [3.63, 3.8) is 0 Å². The van der Waals surface area contributed by atoms with Crippen LogP contribution in [0.3, 0.4) is 0 Å². The van der Waals surface area contributed by atoms with Gasteiger partial charge >= 0.3 is 0 Å². The molecule has 0 aromatic heterocycles. The Balaban J connectivity index is 1.54. The zero-order valence-electron chi connectivity index (χ0n) is 13.7. The summed E-state index contributed by atoms with van der Waals surface area (Å²) in [4.78, 5) is 15.3. The van der Waals surface area contributed by atoms with Crippen LogP contribution in [0.15, 0.2) is 47.4 Å². The number of rotatable bonds is 6. The highest BCUT2D eigenvalue weighted by atomic mass is 32.2. The van der Waals surface area contributed by atoms with Crippen molar-refractivity contribution < 1.29 is 14.3 Å². The van der Waals surface area contributed by atoms with E-state index in [1.54, 1.807) is 11.8 Å². The van der Waals surface area contributed by atoms with Crippen molar-refractivity contribution in [3.8, 4) is 11.5 Å². The highest BCUT2D eigenvalue weighted by Gasteiger charge is 2.14. The zero-order chi connectivity index (χ0) is 16.9. The van der Waals surface area contributed by atoms with E-state index in [0.717, 1.165) is 27.6 Å². The lowest BCUT2D eigenvalue weighted by molar-refractivity contribution is -0.117. The SMILES string of the molecule is CSc1cccc(NC(=O)CN(C)Cc2ccc3c(c2)OCO3)c1. The molecule has 2 aromatic carbocycles. The lowest BCUT2D eigenvalue weighted by atomic mass is 10.2. The van der Waals surface area contributed by atoms with Gasteiger partial charge in [0.05, 0.1) is 6.54 Å². The Hall–Kier alpha value is -2.18. The molecule has 6 heteroatoms. The number of carbonyl (C=O) groups excluding carboxylic acids is 1. The van der Waals surface area contributed by atoms with E-state index in [0.29, 0.717) is 13.1 Å². The number of amides is 1. The first kappa shape index (κ1) is 16.7. The molecule has 126 valence electrons. The normalized spacial score (nSPS) is 12.5. The first-order valence-corrected chi connectivity index (χ1v) is 8.87. The highest BCUT2D eigenvalue weighted by molar-refractivity contribution is 7.98. The number of likely N-dealkylation sites (N-methyl/N-ethyl adjacent to an activating group) is 1. The molecule has 5 nitrogen and oxygen atoms in total. The molecule has 1 aliphatic rings. The van der Waals surface area contributed by atoms with Crippen LogP contribution in [0.25, 0.3) is 0 Å². The maximum Gasteiger partial charge on any atom is 0.238 e. The van der Waals surface area contributed by atoms with Crippen molar-refractivity contribution in [1.29, 1.82) is 0 Å². The second kappa shape index (κ2) is 7.59. The van der Waals surface area contributed by atoms with Gasteiger partial charge in [0.15, 0.2) is 11.5 Å². The van der Waals surface area contributed by atoms with Crippen molar-refractivity contribution in [2.24, 2.45) is 0 Å².